The van der Waals surface area contributed by atoms with Crippen LogP contribution in [0.25, 0.3) is 11.3 Å². The van der Waals surface area contributed by atoms with Gasteiger partial charge in [-0.3, -0.25) is 9.78 Å². The normalized spacial score (nSPS) is 11.8. The van der Waals surface area contributed by atoms with Crippen LogP contribution in [0.2, 0.25) is 0 Å². The molecule has 2 aromatic carbocycles. The van der Waals surface area contributed by atoms with E-state index in [4.69, 9.17) is 9.84 Å². The number of aromatic nitrogens is 1. The summed E-state index contributed by atoms with van der Waals surface area (Å²) in [7, 11) is 0. The Morgan fingerprint density at radius 3 is 2.26 bits per heavy atom. The molecule has 1 aromatic heterocycles. The van der Waals surface area contributed by atoms with E-state index < -0.39 is 18.5 Å². The van der Waals surface area contributed by atoms with Gasteiger partial charge in [0, 0.05) is 11.3 Å². The minimum atomic E-state index is -1.39. The van der Waals surface area contributed by atoms with E-state index in [-0.39, 0.29) is 12.2 Å². The van der Waals surface area contributed by atoms with Crippen LogP contribution >= 0.6 is 0 Å². The molecule has 1 atom stereocenters. The highest BCUT2D eigenvalue weighted by Crippen LogP contribution is 2.25. The molecule has 1 heterocycles. The first-order chi connectivity index (χ1) is 13.0. The monoisotopic (exact) mass is 367 g/mol. The fourth-order valence-electron chi connectivity index (χ4n) is 2.47. The summed E-state index contributed by atoms with van der Waals surface area (Å²) in [6, 6.07) is 18.2. The van der Waals surface area contributed by atoms with Crippen LogP contribution in [0.1, 0.15) is 5.69 Å². The van der Waals surface area contributed by atoms with Crippen LogP contribution in [0.4, 0.5) is 4.39 Å². The molecule has 0 amide bonds. The largest absolute Gasteiger partial charge is 0.457 e. The number of carbonyl (C=O) groups excluding carboxylic acids is 1. The van der Waals surface area contributed by atoms with Crippen molar-refractivity contribution < 1.29 is 24.1 Å². The molecule has 0 aliphatic rings. The van der Waals surface area contributed by atoms with Gasteiger partial charge in [-0.05, 0) is 60.7 Å². The van der Waals surface area contributed by atoms with Crippen LogP contribution in [0.3, 0.4) is 0 Å². The fourth-order valence-corrected chi connectivity index (χ4v) is 2.47. The Balaban J connectivity index is 1.72. The predicted octanol–water partition coefficient (Wildman–Crippen LogP) is 3.14. The SMILES string of the molecule is O=C(Cc1cccc(-c2ccc(Oc3ccc(F)cc3)cc2)n1)C(O)CO. The van der Waals surface area contributed by atoms with Gasteiger partial charge in [0.1, 0.15) is 23.4 Å². The minimum absolute atomic E-state index is 0.0542. The summed E-state index contributed by atoms with van der Waals surface area (Å²) in [5, 5.41) is 18.2. The average molecular weight is 367 g/mol. The predicted molar refractivity (Wildman–Crippen MR) is 98.0 cm³/mol. The second kappa shape index (κ2) is 8.53. The summed E-state index contributed by atoms with van der Waals surface area (Å²) < 4.78 is 18.6. The van der Waals surface area contributed by atoms with E-state index in [1.54, 1.807) is 36.4 Å². The van der Waals surface area contributed by atoms with Crippen LogP contribution < -0.4 is 4.74 Å². The number of nitrogens with zero attached hydrogens (tertiary/aromatic N) is 1. The molecule has 0 saturated carbocycles. The van der Waals surface area contributed by atoms with Gasteiger partial charge in [-0.25, -0.2) is 4.39 Å². The van der Waals surface area contributed by atoms with Crippen LogP contribution in [0, 0.1) is 5.82 Å². The molecule has 138 valence electrons. The van der Waals surface area contributed by atoms with Crippen molar-refractivity contribution >= 4 is 5.78 Å². The zero-order valence-electron chi connectivity index (χ0n) is 14.4. The van der Waals surface area contributed by atoms with E-state index in [0.29, 0.717) is 22.9 Å². The average Bonchev–Trinajstić information content (AvgIpc) is 2.70. The third-order valence-corrected chi connectivity index (χ3v) is 3.91. The number of hydrogen-bond acceptors (Lipinski definition) is 5. The summed E-state index contributed by atoms with van der Waals surface area (Å²) in [6.45, 7) is -0.603. The summed E-state index contributed by atoms with van der Waals surface area (Å²) >= 11 is 0. The molecule has 0 spiro atoms. The van der Waals surface area contributed by atoms with E-state index in [2.05, 4.69) is 4.98 Å². The second-order valence-corrected chi connectivity index (χ2v) is 5.94. The van der Waals surface area contributed by atoms with Crippen LogP contribution in [0.5, 0.6) is 11.5 Å². The Hall–Kier alpha value is -3.09. The third kappa shape index (κ3) is 4.97. The molecule has 3 aromatic rings. The molecule has 6 heteroatoms. The maximum absolute atomic E-state index is 12.9. The van der Waals surface area contributed by atoms with Crippen LogP contribution in [-0.2, 0) is 11.2 Å². The van der Waals surface area contributed by atoms with Gasteiger partial charge in [-0.2, -0.15) is 0 Å². The number of hydrogen-bond donors (Lipinski definition) is 2. The molecule has 0 aliphatic heterocycles. The maximum atomic E-state index is 12.9. The van der Waals surface area contributed by atoms with Crippen LogP contribution in [-0.4, -0.2) is 33.7 Å². The standard InChI is InChI=1S/C21H18FNO4/c22-15-6-10-18(11-7-15)27-17-8-4-14(5-9-17)19-3-1-2-16(23-19)12-20(25)21(26)13-24/h1-11,21,24,26H,12-13H2. The van der Waals surface area contributed by atoms with Crippen LogP contribution in [0.15, 0.2) is 66.7 Å². The molecular weight excluding hydrogens is 349 g/mol. The highest BCUT2D eigenvalue weighted by atomic mass is 19.1. The number of aliphatic hydroxyl groups is 2. The van der Waals surface area contributed by atoms with Gasteiger partial charge < -0.3 is 14.9 Å². The Kier molecular flexibility index (Phi) is 5.90. The first-order valence-electron chi connectivity index (χ1n) is 8.36. The summed E-state index contributed by atoms with van der Waals surface area (Å²) in [4.78, 5) is 16.2. The Labute approximate surface area is 155 Å². The Bertz CT molecular complexity index is 910. The smallest absolute Gasteiger partial charge is 0.169 e. The number of pyridine rings is 1. The summed E-state index contributed by atoms with van der Waals surface area (Å²) in [5.41, 5.74) is 2.02. The van der Waals surface area contributed by atoms with E-state index >= 15 is 0 Å². The molecule has 0 fully saturated rings. The van der Waals surface area contributed by atoms with Gasteiger partial charge in [0.2, 0.25) is 0 Å². The lowest BCUT2D eigenvalue weighted by Gasteiger charge is -2.09. The molecule has 1 unspecified atom stereocenters. The molecule has 0 aliphatic carbocycles. The topological polar surface area (TPSA) is 79.7 Å². The molecule has 3 rings (SSSR count). The van der Waals surface area contributed by atoms with Crippen molar-refractivity contribution in [3.63, 3.8) is 0 Å². The second-order valence-electron chi connectivity index (χ2n) is 5.94. The van der Waals surface area contributed by atoms with E-state index in [1.165, 1.54) is 12.1 Å². The lowest BCUT2D eigenvalue weighted by atomic mass is 10.1. The highest BCUT2D eigenvalue weighted by Gasteiger charge is 2.15. The van der Waals surface area contributed by atoms with Gasteiger partial charge in [0.15, 0.2) is 5.78 Å². The van der Waals surface area contributed by atoms with Crippen molar-refractivity contribution in [1.29, 1.82) is 0 Å². The summed E-state index contributed by atoms with van der Waals surface area (Å²) in [6.07, 6.45) is -1.44. The van der Waals surface area contributed by atoms with Crippen molar-refractivity contribution in [1.82, 2.24) is 4.98 Å². The molecule has 0 bridgehead atoms. The Morgan fingerprint density at radius 2 is 1.63 bits per heavy atom. The van der Waals surface area contributed by atoms with Crippen molar-refractivity contribution in [2.24, 2.45) is 0 Å². The number of ether oxygens (including phenoxy) is 1. The zero-order valence-corrected chi connectivity index (χ0v) is 14.4. The van der Waals surface area contributed by atoms with Gasteiger partial charge in [-0.15, -0.1) is 0 Å². The zero-order chi connectivity index (χ0) is 19.2. The van der Waals surface area contributed by atoms with E-state index in [1.807, 2.05) is 18.2 Å². The van der Waals surface area contributed by atoms with E-state index in [0.717, 1.165) is 5.56 Å². The van der Waals surface area contributed by atoms with Crippen molar-refractivity contribution in [2.75, 3.05) is 6.61 Å². The number of Topliss-reactive ketones (excluding diaryl/α,β-unsaturated/α-hetero) is 1. The van der Waals surface area contributed by atoms with Crippen molar-refractivity contribution in [2.45, 2.75) is 12.5 Å². The van der Waals surface area contributed by atoms with E-state index in [9.17, 15) is 14.3 Å². The highest BCUT2D eigenvalue weighted by molar-refractivity contribution is 5.84. The number of ketones is 1. The molecule has 0 saturated heterocycles. The first kappa shape index (κ1) is 18.7. The quantitative estimate of drug-likeness (QED) is 0.671. The maximum Gasteiger partial charge on any atom is 0.169 e. The number of carbonyl (C=O) groups is 1. The Morgan fingerprint density at radius 1 is 1.00 bits per heavy atom. The number of aliphatic hydroxyl groups excluding tert-OH is 2. The van der Waals surface area contributed by atoms with Gasteiger partial charge in [0.05, 0.1) is 18.7 Å². The van der Waals surface area contributed by atoms with Gasteiger partial charge in [-0.1, -0.05) is 6.07 Å². The molecule has 2 N–H and O–H groups in total. The molecule has 0 radical (unpaired) electrons. The number of benzene rings is 2. The molecule has 27 heavy (non-hydrogen) atoms. The van der Waals surface area contributed by atoms with Crippen molar-refractivity contribution in [3.05, 3.63) is 78.2 Å². The molecule has 5 nitrogen and oxygen atoms in total. The number of halogens is 1. The first-order valence-corrected chi connectivity index (χ1v) is 8.36. The number of rotatable bonds is 7. The lowest BCUT2D eigenvalue weighted by molar-refractivity contribution is -0.128. The minimum Gasteiger partial charge on any atom is -0.457 e. The fraction of sp³-hybridized carbons (Fsp3) is 0.143. The van der Waals surface area contributed by atoms with Gasteiger partial charge >= 0.3 is 0 Å². The third-order valence-electron chi connectivity index (χ3n) is 3.91. The van der Waals surface area contributed by atoms with Crippen molar-refractivity contribution in [3.8, 4) is 22.8 Å². The summed E-state index contributed by atoms with van der Waals surface area (Å²) in [5.74, 6) is 0.326. The van der Waals surface area contributed by atoms with Gasteiger partial charge in [0.25, 0.3) is 0 Å². The molecular formula is C21H18FNO4. The lowest BCUT2D eigenvalue weighted by Crippen LogP contribution is -2.26.